The Morgan fingerprint density at radius 3 is 2.81 bits per heavy atom. The third kappa shape index (κ3) is 2.46. The minimum absolute atomic E-state index is 0.481. The first-order valence-corrected chi connectivity index (χ1v) is 6.17. The zero-order valence-electron chi connectivity index (χ0n) is 9.91. The van der Waals surface area contributed by atoms with Gasteiger partial charge in [-0.05, 0) is 31.9 Å². The fourth-order valence-corrected chi connectivity index (χ4v) is 2.42. The summed E-state index contributed by atoms with van der Waals surface area (Å²) in [7, 11) is 0. The van der Waals surface area contributed by atoms with Gasteiger partial charge in [0.25, 0.3) is 0 Å². The quantitative estimate of drug-likeness (QED) is 0.625. The molecule has 16 heavy (non-hydrogen) atoms. The topological polar surface area (TPSA) is 40.2 Å². The Morgan fingerprint density at radius 2 is 2.25 bits per heavy atom. The molecule has 0 bridgehead atoms. The first-order valence-electron chi connectivity index (χ1n) is 6.17. The van der Waals surface area contributed by atoms with Crippen LogP contribution in [0.4, 0.5) is 0 Å². The summed E-state index contributed by atoms with van der Waals surface area (Å²) in [4.78, 5) is 2.12. The van der Waals surface area contributed by atoms with Crippen LogP contribution in [-0.2, 0) is 6.54 Å². The molecule has 0 aliphatic heterocycles. The molecule has 3 nitrogen and oxygen atoms in total. The molecule has 1 aromatic heterocycles. The lowest BCUT2D eigenvalue weighted by molar-refractivity contribution is 0.355. The van der Waals surface area contributed by atoms with Gasteiger partial charge in [-0.2, -0.15) is 0 Å². The van der Waals surface area contributed by atoms with Crippen molar-refractivity contribution in [2.45, 2.75) is 39.2 Å². The summed E-state index contributed by atoms with van der Waals surface area (Å²) >= 11 is 0. The summed E-state index contributed by atoms with van der Waals surface area (Å²) < 4.78 is 5.34. The molecule has 0 unspecified atom stereocenters. The lowest BCUT2D eigenvalue weighted by Gasteiger charge is -2.26. The van der Waals surface area contributed by atoms with Crippen LogP contribution in [0.5, 0.6) is 0 Å². The Hall–Kier alpha value is -1.25. The van der Waals surface area contributed by atoms with Gasteiger partial charge in [0, 0.05) is 12.5 Å². The molecule has 1 fully saturated rings. The largest absolute Gasteiger partial charge is 0.467 e. The average Bonchev–Trinajstić information content (AvgIpc) is 2.97. The van der Waals surface area contributed by atoms with E-state index in [9.17, 15) is 0 Å². The van der Waals surface area contributed by atoms with E-state index < -0.39 is 0 Å². The second kappa shape index (κ2) is 5.19. The minimum Gasteiger partial charge on any atom is -0.467 e. The molecule has 1 heterocycles. The summed E-state index contributed by atoms with van der Waals surface area (Å²) in [5.74, 6) is 2.23. The first-order chi connectivity index (χ1) is 7.81. The lowest BCUT2D eigenvalue weighted by Crippen LogP contribution is -2.34. The van der Waals surface area contributed by atoms with Gasteiger partial charge in [0.2, 0.25) is 0 Å². The Morgan fingerprint density at radius 1 is 1.50 bits per heavy atom. The van der Waals surface area contributed by atoms with E-state index in [4.69, 9.17) is 9.83 Å². The van der Waals surface area contributed by atoms with Crippen LogP contribution in [0.15, 0.2) is 22.8 Å². The van der Waals surface area contributed by atoms with Gasteiger partial charge in [-0.15, -0.1) is 0 Å². The molecular formula is C13H20N2O. The van der Waals surface area contributed by atoms with E-state index in [1.165, 1.54) is 25.7 Å². The van der Waals surface area contributed by atoms with Crippen LogP contribution in [0.3, 0.4) is 0 Å². The van der Waals surface area contributed by atoms with E-state index in [-0.39, 0.29) is 0 Å². The number of rotatable bonds is 4. The summed E-state index contributed by atoms with van der Waals surface area (Å²) in [5, 5.41) is 8.23. The van der Waals surface area contributed by atoms with Crippen LogP contribution in [0.25, 0.3) is 0 Å². The van der Waals surface area contributed by atoms with E-state index in [2.05, 4.69) is 11.8 Å². The zero-order chi connectivity index (χ0) is 11.4. The molecule has 0 aromatic carbocycles. The van der Waals surface area contributed by atoms with Crippen molar-refractivity contribution in [1.29, 1.82) is 5.41 Å². The van der Waals surface area contributed by atoms with Crippen molar-refractivity contribution in [1.82, 2.24) is 4.90 Å². The van der Waals surface area contributed by atoms with Gasteiger partial charge >= 0.3 is 0 Å². The highest BCUT2D eigenvalue weighted by molar-refractivity contribution is 5.81. The van der Waals surface area contributed by atoms with Crippen molar-refractivity contribution in [3.05, 3.63) is 24.2 Å². The summed E-state index contributed by atoms with van der Waals surface area (Å²) in [6.45, 7) is 3.72. The number of nitrogens with one attached hydrogen (secondary N) is 1. The monoisotopic (exact) mass is 220 g/mol. The van der Waals surface area contributed by atoms with Crippen LogP contribution in [0.2, 0.25) is 0 Å². The normalized spacial score (nSPS) is 16.6. The maximum atomic E-state index is 8.23. The molecule has 0 spiro atoms. The predicted octanol–water partition coefficient (Wildman–Crippen LogP) is 3.27. The van der Waals surface area contributed by atoms with Gasteiger partial charge in [0.05, 0.1) is 18.6 Å². The zero-order valence-corrected chi connectivity index (χ0v) is 9.91. The molecule has 0 atom stereocenters. The molecule has 1 N–H and O–H groups in total. The van der Waals surface area contributed by atoms with Gasteiger partial charge in [-0.1, -0.05) is 12.8 Å². The van der Waals surface area contributed by atoms with E-state index in [1.807, 2.05) is 12.1 Å². The number of amidine groups is 1. The van der Waals surface area contributed by atoms with Crippen LogP contribution in [0.1, 0.15) is 38.4 Å². The van der Waals surface area contributed by atoms with E-state index in [0.29, 0.717) is 5.92 Å². The van der Waals surface area contributed by atoms with Gasteiger partial charge in [0.1, 0.15) is 5.76 Å². The van der Waals surface area contributed by atoms with Gasteiger partial charge in [-0.25, -0.2) is 0 Å². The highest BCUT2D eigenvalue weighted by Crippen LogP contribution is 2.27. The van der Waals surface area contributed by atoms with Crippen molar-refractivity contribution in [3.63, 3.8) is 0 Å². The van der Waals surface area contributed by atoms with E-state index >= 15 is 0 Å². The Kier molecular flexibility index (Phi) is 3.65. The standard InChI is InChI=1S/C13H20N2O/c1-2-15(10-12-8-5-9-16-12)13(14)11-6-3-4-7-11/h5,8-9,11,14H,2-4,6-7,10H2,1H3. The Balaban J connectivity index is 1.96. The van der Waals surface area contributed by atoms with Gasteiger partial charge in [-0.3, -0.25) is 5.41 Å². The summed E-state index contributed by atoms with van der Waals surface area (Å²) in [6, 6.07) is 3.88. The molecule has 88 valence electrons. The fraction of sp³-hybridized carbons (Fsp3) is 0.615. The molecule has 3 heteroatoms. The highest BCUT2D eigenvalue weighted by Gasteiger charge is 2.23. The molecule has 1 aliphatic carbocycles. The van der Waals surface area contributed by atoms with Crippen molar-refractivity contribution in [2.75, 3.05) is 6.54 Å². The van der Waals surface area contributed by atoms with Crippen molar-refractivity contribution in [3.8, 4) is 0 Å². The molecule has 1 aromatic rings. The van der Waals surface area contributed by atoms with Crippen molar-refractivity contribution >= 4 is 5.84 Å². The number of hydrogen-bond acceptors (Lipinski definition) is 2. The molecule has 2 rings (SSSR count). The second-order valence-corrected chi connectivity index (χ2v) is 4.46. The summed E-state index contributed by atoms with van der Waals surface area (Å²) in [6.07, 6.45) is 6.64. The second-order valence-electron chi connectivity index (χ2n) is 4.46. The fourth-order valence-electron chi connectivity index (χ4n) is 2.42. The minimum atomic E-state index is 0.481. The predicted molar refractivity (Wildman–Crippen MR) is 64.5 cm³/mol. The number of nitrogens with zero attached hydrogens (tertiary/aromatic N) is 1. The molecular weight excluding hydrogens is 200 g/mol. The third-order valence-corrected chi connectivity index (χ3v) is 3.39. The molecule has 0 radical (unpaired) electrons. The Labute approximate surface area is 96.9 Å². The van der Waals surface area contributed by atoms with E-state index in [1.54, 1.807) is 6.26 Å². The molecule has 1 saturated carbocycles. The Bertz CT molecular complexity index is 326. The van der Waals surface area contributed by atoms with Crippen LogP contribution in [-0.4, -0.2) is 17.3 Å². The third-order valence-electron chi connectivity index (χ3n) is 3.39. The maximum Gasteiger partial charge on any atom is 0.123 e. The first kappa shape index (κ1) is 11.2. The average molecular weight is 220 g/mol. The van der Waals surface area contributed by atoms with Crippen LogP contribution in [0, 0.1) is 11.3 Å². The molecule has 1 aliphatic rings. The lowest BCUT2D eigenvalue weighted by atomic mass is 10.1. The van der Waals surface area contributed by atoms with Crippen LogP contribution >= 0.6 is 0 Å². The SMILES string of the molecule is CCN(Cc1ccco1)C(=N)C1CCCC1. The van der Waals surface area contributed by atoms with Crippen molar-refractivity contribution < 1.29 is 4.42 Å². The number of hydrogen-bond donors (Lipinski definition) is 1. The van der Waals surface area contributed by atoms with Crippen LogP contribution < -0.4 is 0 Å². The smallest absolute Gasteiger partial charge is 0.123 e. The van der Waals surface area contributed by atoms with E-state index in [0.717, 1.165) is 24.7 Å². The van der Waals surface area contributed by atoms with Crippen molar-refractivity contribution in [2.24, 2.45) is 5.92 Å². The van der Waals surface area contributed by atoms with Gasteiger partial charge < -0.3 is 9.32 Å². The molecule has 0 amide bonds. The molecule has 0 saturated heterocycles. The number of furan rings is 1. The maximum absolute atomic E-state index is 8.23. The van der Waals surface area contributed by atoms with Gasteiger partial charge in [0.15, 0.2) is 0 Å². The summed E-state index contributed by atoms with van der Waals surface area (Å²) in [5.41, 5.74) is 0. The highest BCUT2D eigenvalue weighted by atomic mass is 16.3.